The summed E-state index contributed by atoms with van der Waals surface area (Å²) in [5.41, 5.74) is 7.63. The van der Waals surface area contributed by atoms with Crippen molar-refractivity contribution in [2.45, 2.75) is 19.9 Å². The van der Waals surface area contributed by atoms with Crippen LogP contribution in [0.2, 0.25) is 10.0 Å². The van der Waals surface area contributed by atoms with Gasteiger partial charge in [-0.15, -0.1) is 0 Å². The molecule has 0 radical (unpaired) electrons. The highest BCUT2D eigenvalue weighted by molar-refractivity contribution is 6.31. The Morgan fingerprint density at radius 3 is 2.58 bits per heavy atom. The standard InChI is InChI=1S/C26H26Cl2FN7O2/c1-13(2)22-21-19(33-36(22)20-11-31-26(34(3)4)32-25(20)38-5)12-35(15-9-17(28)24(37)30-10-15)23(21)14-6-7-16(27)18(29)8-14/h6-13,23,33H,1-5H3,(H,30,37). The predicted octanol–water partition coefficient (Wildman–Crippen LogP) is 5.02. The fourth-order valence-electron chi connectivity index (χ4n) is 4.70. The molecule has 4 heterocycles. The third kappa shape index (κ3) is 4.33. The summed E-state index contributed by atoms with van der Waals surface area (Å²) >= 11 is 12.2. The van der Waals surface area contributed by atoms with Crippen LogP contribution in [-0.4, -0.2) is 36.2 Å². The minimum atomic E-state index is -0.527. The van der Waals surface area contributed by atoms with Gasteiger partial charge in [0, 0.05) is 32.1 Å². The third-order valence-electron chi connectivity index (χ3n) is 6.36. The van der Waals surface area contributed by atoms with Crippen molar-refractivity contribution in [2.75, 3.05) is 36.0 Å². The monoisotopic (exact) mass is 557 g/mol. The quantitative estimate of drug-likeness (QED) is 0.436. The Morgan fingerprint density at radius 1 is 1.18 bits per heavy atom. The molecule has 2 aromatic heterocycles. The van der Waals surface area contributed by atoms with E-state index < -0.39 is 17.4 Å². The van der Waals surface area contributed by atoms with E-state index in [0.717, 1.165) is 17.0 Å². The summed E-state index contributed by atoms with van der Waals surface area (Å²) in [6.07, 6.45) is 5.19. The minimum absolute atomic E-state index is 0.0281. The molecule has 0 aliphatic carbocycles. The van der Waals surface area contributed by atoms with Crippen molar-refractivity contribution in [2.24, 2.45) is 5.92 Å². The van der Waals surface area contributed by atoms with Crippen LogP contribution in [0.5, 0.6) is 5.88 Å². The van der Waals surface area contributed by atoms with E-state index in [9.17, 15) is 9.18 Å². The number of anilines is 3. The molecule has 1 aromatic carbocycles. The number of hydrogen-bond acceptors (Lipinski definition) is 8. The Hall–Kier alpha value is -3.76. The second kappa shape index (κ2) is 9.85. The van der Waals surface area contributed by atoms with Crippen molar-refractivity contribution < 1.29 is 9.13 Å². The van der Waals surface area contributed by atoms with E-state index >= 15 is 0 Å². The highest BCUT2D eigenvalue weighted by atomic mass is 35.5. The Morgan fingerprint density at radius 2 is 1.95 bits per heavy atom. The van der Waals surface area contributed by atoms with Gasteiger partial charge in [-0.3, -0.25) is 15.2 Å². The first-order valence-corrected chi connectivity index (χ1v) is 12.6. The number of benzene rings is 1. The molecule has 0 spiro atoms. The van der Waals surface area contributed by atoms with Crippen molar-refractivity contribution in [3.8, 4) is 5.88 Å². The topological polar surface area (TPSA) is 89.6 Å². The van der Waals surface area contributed by atoms with Crippen LogP contribution in [0.4, 0.5) is 21.7 Å². The first-order chi connectivity index (χ1) is 18.1. The van der Waals surface area contributed by atoms with Crippen LogP contribution in [-0.2, 0) is 0 Å². The molecule has 3 aromatic rings. The maximum Gasteiger partial charge on any atom is 0.266 e. The normalized spacial score (nSPS) is 16.7. The maximum atomic E-state index is 14.7. The largest absolute Gasteiger partial charge is 0.479 e. The highest BCUT2D eigenvalue weighted by Crippen LogP contribution is 2.49. The molecular formula is C26H26Cl2FN7O2. The fourth-order valence-corrected chi connectivity index (χ4v) is 4.98. The molecule has 198 valence electrons. The van der Waals surface area contributed by atoms with Crippen LogP contribution in [0, 0.1) is 11.7 Å². The van der Waals surface area contributed by atoms with Crippen molar-refractivity contribution in [1.29, 1.82) is 0 Å². The number of ether oxygens (including phenoxy) is 1. The smallest absolute Gasteiger partial charge is 0.266 e. The number of nitrogens with zero attached hydrogens (tertiary/aromatic N) is 5. The van der Waals surface area contributed by atoms with Crippen LogP contribution in [0.3, 0.4) is 0 Å². The lowest BCUT2D eigenvalue weighted by Gasteiger charge is -2.31. The number of aromatic amines is 1. The van der Waals surface area contributed by atoms with Gasteiger partial charge in [-0.2, -0.15) is 4.98 Å². The molecule has 9 nitrogen and oxygen atoms in total. The molecule has 0 bridgehead atoms. The fraction of sp³-hybridized carbons (Fsp3) is 0.269. The summed E-state index contributed by atoms with van der Waals surface area (Å²) in [6.45, 7) is 4.14. The average molecular weight is 558 g/mol. The summed E-state index contributed by atoms with van der Waals surface area (Å²) < 4.78 is 20.3. The van der Waals surface area contributed by atoms with E-state index in [1.807, 2.05) is 30.2 Å². The van der Waals surface area contributed by atoms with Crippen LogP contribution >= 0.6 is 23.2 Å². The van der Waals surface area contributed by atoms with Crippen LogP contribution < -0.4 is 30.5 Å². The summed E-state index contributed by atoms with van der Waals surface area (Å²) in [4.78, 5) is 27.4. The SMILES string of the molecule is COc1nc(N(C)C)ncc1N1NC2=CN(c3c[nH]c(=O)c(Cl)c3)C(c3ccc(Cl)c(F)c3)C2=C1C(C)C. The molecule has 0 fully saturated rings. The number of nitrogens with one attached hydrogen (secondary N) is 2. The van der Waals surface area contributed by atoms with E-state index in [4.69, 9.17) is 27.9 Å². The zero-order valence-electron chi connectivity index (χ0n) is 21.4. The lowest BCUT2D eigenvalue weighted by Crippen LogP contribution is -2.34. The first-order valence-electron chi connectivity index (χ1n) is 11.8. The summed E-state index contributed by atoms with van der Waals surface area (Å²) in [5.74, 6) is 0.411. The van der Waals surface area contributed by atoms with Gasteiger partial charge in [0.2, 0.25) is 11.8 Å². The zero-order chi connectivity index (χ0) is 27.3. The Kier molecular flexibility index (Phi) is 6.70. The number of rotatable bonds is 6. The second-order valence-electron chi connectivity index (χ2n) is 9.42. The summed E-state index contributed by atoms with van der Waals surface area (Å²) in [6, 6.07) is 5.88. The van der Waals surface area contributed by atoms with E-state index in [1.54, 1.807) is 36.5 Å². The van der Waals surface area contributed by atoms with Crippen molar-refractivity contribution in [1.82, 2.24) is 20.4 Å². The van der Waals surface area contributed by atoms with Crippen LogP contribution in [0.25, 0.3) is 0 Å². The maximum absolute atomic E-state index is 14.7. The second-order valence-corrected chi connectivity index (χ2v) is 10.2. The lowest BCUT2D eigenvalue weighted by molar-refractivity contribution is 0.396. The first kappa shape index (κ1) is 25.9. The van der Waals surface area contributed by atoms with Gasteiger partial charge in [0.1, 0.15) is 16.5 Å². The molecule has 1 unspecified atom stereocenters. The molecule has 0 saturated carbocycles. The van der Waals surface area contributed by atoms with E-state index in [2.05, 4.69) is 34.2 Å². The van der Waals surface area contributed by atoms with E-state index in [-0.39, 0.29) is 16.0 Å². The predicted molar refractivity (Wildman–Crippen MR) is 147 cm³/mol. The van der Waals surface area contributed by atoms with Crippen LogP contribution in [0.1, 0.15) is 25.5 Å². The number of H-pyrrole nitrogens is 1. The number of pyridine rings is 1. The van der Waals surface area contributed by atoms with Gasteiger partial charge in [-0.25, -0.2) is 9.37 Å². The number of aromatic nitrogens is 3. The Bertz CT molecular complexity index is 1540. The summed E-state index contributed by atoms with van der Waals surface area (Å²) in [7, 11) is 5.27. The molecular weight excluding hydrogens is 532 g/mol. The highest BCUT2D eigenvalue weighted by Gasteiger charge is 2.43. The van der Waals surface area contributed by atoms with E-state index in [0.29, 0.717) is 28.8 Å². The number of fused-ring (bicyclic) bond motifs is 1. The van der Waals surface area contributed by atoms with Crippen molar-refractivity contribution in [3.05, 3.63) is 91.6 Å². The minimum Gasteiger partial charge on any atom is -0.479 e. The molecule has 2 aliphatic rings. The molecule has 0 saturated heterocycles. The van der Waals surface area contributed by atoms with Gasteiger partial charge in [0.05, 0.1) is 41.5 Å². The van der Waals surface area contributed by atoms with E-state index in [1.165, 1.54) is 12.1 Å². The number of hydrazine groups is 1. The number of halogens is 3. The van der Waals surface area contributed by atoms with Gasteiger partial charge < -0.3 is 19.5 Å². The number of hydrogen-bond donors (Lipinski definition) is 2. The molecule has 38 heavy (non-hydrogen) atoms. The van der Waals surface area contributed by atoms with Crippen molar-refractivity contribution in [3.63, 3.8) is 0 Å². The van der Waals surface area contributed by atoms with Gasteiger partial charge >= 0.3 is 0 Å². The molecule has 5 rings (SSSR count). The molecule has 2 N–H and O–H groups in total. The molecule has 12 heteroatoms. The van der Waals surface area contributed by atoms with Gasteiger partial charge in [0.15, 0.2) is 0 Å². The van der Waals surface area contributed by atoms with Crippen molar-refractivity contribution >= 4 is 40.5 Å². The zero-order valence-corrected chi connectivity index (χ0v) is 22.9. The average Bonchev–Trinajstić information content (AvgIpc) is 3.43. The third-order valence-corrected chi connectivity index (χ3v) is 6.95. The molecule has 2 aliphatic heterocycles. The lowest BCUT2D eigenvalue weighted by atomic mass is 9.93. The Labute approximate surface area is 229 Å². The van der Waals surface area contributed by atoms with Gasteiger partial charge in [-0.05, 0) is 29.7 Å². The Balaban J connectivity index is 1.70. The number of allylic oxidation sites excluding steroid dienone is 1. The van der Waals surface area contributed by atoms with Gasteiger partial charge in [0.25, 0.3) is 5.56 Å². The number of methoxy groups -OCH3 is 1. The molecule has 1 atom stereocenters. The van der Waals surface area contributed by atoms with Gasteiger partial charge in [-0.1, -0.05) is 43.1 Å². The molecule has 0 amide bonds. The van der Waals surface area contributed by atoms with Crippen LogP contribution in [0.15, 0.2) is 64.6 Å². The summed E-state index contributed by atoms with van der Waals surface area (Å²) in [5, 5.41) is 1.99.